The average Bonchev–Trinajstić information content (AvgIpc) is 2.75. The molecule has 0 amide bonds. The Balaban J connectivity index is 2.29. The quantitative estimate of drug-likeness (QED) is 0.876. The lowest BCUT2D eigenvalue weighted by Gasteiger charge is -2.23. The number of nitrogens with two attached hydrogens (primary N) is 1. The van der Waals surface area contributed by atoms with Crippen LogP contribution in [0.2, 0.25) is 0 Å². The highest BCUT2D eigenvalue weighted by Gasteiger charge is 2.10. The molecule has 0 bridgehead atoms. The number of benzene rings is 1. The van der Waals surface area contributed by atoms with E-state index in [0.29, 0.717) is 0 Å². The van der Waals surface area contributed by atoms with Crippen molar-refractivity contribution in [2.75, 3.05) is 23.7 Å². The molecule has 1 heterocycles. The Morgan fingerprint density at radius 2 is 1.67 bits per heavy atom. The zero-order chi connectivity index (χ0) is 13.0. The molecule has 2 rings (SSSR count). The van der Waals surface area contributed by atoms with Gasteiger partial charge in [0.05, 0.1) is 6.54 Å². The summed E-state index contributed by atoms with van der Waals surface area (Å²) in [6.07, 6.45) is 0. The smallest absolute Gasteiger partial charge is 0.110 e. The first-order valence-electron chi connectivity index (χ1n) is 6.50. The van der Waals surface area contributed by atoms with Gasteiger partial charge in [0.15, 0.2) is 0 Å². The molecule has 2 aromatic rings. The van der Waals surface area contributed by atoms with Crippen molar-refractivity contribution in [1.29, 1.82) is 0 Å². The predicted octanol–water partition coefficient (Wildman–Crippen LogP) is 2.96. The lowest BCUT2D eigenvalue weighted by molar-refractivity contribution is 0.753. The largest absolute Gasteiger partial charge is 0.385 e. The van der Waals surface area contributed by atoms with Gasteiger partial charge in [0.2, 0.25) is 0 Å². The second-order valence-electron chi connectivity index (χ2n) is 4.36. The van der Waals surface area contributed by atoms with Crippen molar-refractivity contribution in [3.63, 3.8) is 0 Å². The summed E-state index contributed by atoms with van der Waals surface area (Å²) in [5.41, 5.74) is 7.34. The highest BCUT2D eigenvalue weighted by atomic mass is 15.2. The maximum Gasteiger partial charge on any atom is 0.110 e. The predicted molar refractivity (Wildman–Crippen MR) is 77.9 cm³/mol. The lowest BCUT2D eigenvalue weighted by atomic mass is 10.2. The van der Waals surface area contributed by atoms with Gasteiger partial charge in [-0.2, -0.15) is 0 Å². The maximum atomic E-state index is 6.07. The van der Waals surface area contributed by atoms with Crippen molar-refractivity contribution in [3.8, 4) is 0 Å². The molecular weight excluding hydrogens is 222 g/mol. The van der Waals surface area contributed by atoms with E-state index in [2.05, 4.69) is 53.6 Å². The van der Waals surface area contributed by atoms with E-state index in [9.17, 15) is 0 Å². The van der Waals surface area contributed by atoms with Crippen LogP contribution in [-0.4, -0.2) is 17.7 Å². The highest BCUT2D eigenvalue weighted by Crippen LogP contribution is 2.22. The zero-order valence-electron chi connectivity index (χ0n) is 11.1. The van der Waals surface area contributed by atoms with Crippen molar-refractivity contribution in [2.45, 2.75) is 20.4 Å². The number of hydrogen-bond acceptors (Lipinski definition) is 2. The third-order valence-corrected chi connectivity index (χ3v) is 3.26. The highest BCUT2D eigenvalue weighted by molar-refractivity contribution is 5.51. The maximum absolute atomic E-state index is 6.07. The first-order valence-corrected chi connectivity index (χ1v) is 6.50. The van der Waals surface area contributed by atoms with E-state index < -0.39 is 0 Å². The monoisotopic (exact) mass is 243 g/mol. The van der Waals surface area contributed by atoms with Gasteiger partial charge < -0.3 is 15.2 Å². The molecule has 0 saturated heterocycles. The van der Waals surface area contributed by atoms with Crippen molar-refractivity contribution >= 4 is 11.6 Å². The fourth-order valence-corrected chi connectivity index (χ4v) is 2.23. The first-order chi connectivity index (χ1) is 8.76. The van der Waals surface area contributed by atoms with Gasteiger partial charge in [-0.05, 0) is 31.5 Å². The summed E-state index contributed by atoms with van der Waals surface area (Å²) < 4.78 is 2.17. The van der Waals surface area contributed by atoms with Crippen molar-refractivity contribution in [1.82, 2.24) is 4.57 Å². The van der Waals surface area contributed by atoms with Gasteiger partial charge >= 0.3 is 0 Å². The van der Waals surface area contributed by atoms with Gasteiger partial charge in [-0.1, -0.05) is 30.3 Å². The Kier molecular flexibility index (Phi) is 3.92. The normalized spacial score (nSPS) is 10.6. The summed E-state index contributed by atoms with van der Waals surface area (Å²) in [5.74, 6) is 2.02. The second kappa shape index (κ2) is 5.63. The van der Waals surface area contributed by atoms with Crippen LogP contribution < -0.4 is 10.6 Å². The fraction of sp³-hybridized carbons (Fsp3) is 0.333. The summed E-state index contributed by atoms with van der Waals surface area (Å²) in [6, 6.07) is 14.5. The van der Waals surface area contributed by atoms with E-state index >= 15 is 0 Å². The van der Waals surface area contributed by atoms with E-state index in [-0.39, 0.29) is 0 Å². The molecule has 0 fully saturated rings. The SMILES string of the molecule is CCN(CC)c1ccc(N)n1Cc1ccccc1. The molecule has 0 saturated carbocycles. The Bertz CT molecular complexity index is 484. The van der Waals surface area contributed by atoms with Gasteiger partial charge in [-0.25, -0.2) is 0 Å². The van der Waals surface area contributed by atoms with E-state index in [1.165, 1.54) is 11.4 Å². The minimum Gasteiger partial charge on any atom is -0.385 e. The molecule has 0 radical (unpaired) electrons. The number of nitrogen functional groups attached to an aromatic ring is 1. The zero-order valence-corrected chi connectivity index (χ0v) is 11.1. The van der Waals surface area contributed by atoms with Gasteiger partial charge in [-0.15, -0.1) is 0 Å². The molecule has 96 valence electrons. The number of anilines is 2. The standard InChI is InChI=1S/C15H21N3/c1-3-17(4-2)15-11-10-14(16)18(15)12-13-8-6-5-7-9-13/h5-11H,3-4,12,16H2,1-2H3. The molecule has 18 heavy (non-hydrogen) atoms. The van der Waals surface area contributed by atoms with Crippen LogP contribution in [0, 0.1) is 0 Å². The average molecular weight is 243 g/mol. The molecular formula is C15H21N3. The van der Waals surface area contributed by atoms with Gasteiger partial charge in [0.25, 0.3) is 0 Å². The molecule has 0 aliphatic carbocycles. The van der Waals surface area contributed by atoms with Gasteiger partial charge in [0, 0.05) is 13.1 Å². The van der Waals surface area contributed by atoms with Crippen LogP contribution >= 0.6 is 0 Å². The topological polar surface area (TPSA) is 34.2 Å². The first kappa shape index (κ1) is 12.6. The lowest BCUT2D eigenvalue weighted by Crippen LogP contribution is -2.25. The molecule has 3 nitrogen and oxygen atoms in total. The third-order valence-electron chi connectivity index (χ3n) is 3.26. The van der Waals surface area contributed by atoms with Crippen molar-refractivity contribution in [3.05, 3.63) is 48.0 Å². The van der Waals surface area contributed by atoms with Crippen LogP contribution in [0.5, 0.6) is 0 Å². The summed E-state index contributed by atoms with van der Waals surface area (Å²) in [6.45, 7) is 7.15. The third kappa shape index (κ3) is 2.50. The van der Waals surface area contributed by atoms with Crippen molar-refractivity contribution < 1.29 is 0 Å². The van der Waals surface area contributed by atoms with Crippen LogP contribution in [-0.2, 0) is 6.54 Å². The van der Waals surface area contributed by atoms with E-state index in [0.717, 1.165) is 25.5 Å². The van der Waals surface area contributed by atoms with E-state index in [1.807, 2.05) is 12.1 Å². The summed E-state index contributed by atoms with van der Waals surface area (Å²) in [5, 5.41) is 0. The van der Waals surface area contributed by atoms with Crippen LogP contribution in [0.25, 0.3) is 0 Å². The van der Waals surface area contributed by atoms with E-state index in [4.69, 9.17) is 5.73 Å². The molecule has 3 heteroatoms. The Labute approximate surface area is 109 Å². The van der Waals surface area contributed by atoms with Crippen LogP contribution in [0.3, 0.4) is 0 Å². The van der Waals surface area contributed by atoms with Crippen molar-refractivity contribution in [2.24, 2.45) is 0 Å². The molecule has 0 spiro atoms. The minimum absolute atomic E-state index is 0.820. The molecule has 0 atom stereocenters. The minimum atomic E-state index is 0.820. The number of hydrogen-bond donors (Lipinski definition) is 1. The molecule has 0 unspecified atom stereocenters. The Hall–Kier alpha value is -1.90. The van der Waals surface area contributed by atoms with Crippen LogP contribution in [0.1, 0.15) is 19.4 Å². The molecule has 2 N–H and O–H groups in total. The molecule has 1 aromatic heterocycles. The Morgan fingerprint density at radius 3 is 2.28 bits per heavy atom. The van der Waals surface area contributed by atoms with Crippen LogP contribution in [0.4, 0.5) is 11.6 Å². The number of rotatable bonds is 5. The van der Waals surface area contributed by atoms with Gasteiger partial charge in [-0.3, -0.25) is 0 Å². The summed E-state index contributed by atoms with van der Waals surface area (Å²) in [7, 11) is 0. The van der Waals surface area contributed by atoms with Crippen LogP contribution in [0.15, 0.2) is 42.5 Å². The Morgan fingerprint density at radius 1 is 1.00 bits per heavy atom. The molecule has 0 aliphatic rings. The number of aromatic nitrogens is 1. The summed E-state index contributed by atoms with van der Waals surface area (Å²) >= 11 is 0. The summed E-state index contributed by atoms with van der Waals surface area (Å²) in [4.78, 5) is 2.32. The fourth-order valence-electron chi connectivity index (χ4n) is 2.23. The molecule has 1 aromatic carbocycles. The van der Waals surface area contributed by atoms with Gasteiger partial charge in [0.1, 0.15) is 11.6 Å². The van der Waals surface area contributed by atoms with E-state index in [1.54, 1.807) is 0 Å². The number of nitrogens with zero attached hydrogens (tertiary/aromatic N) is 2. The second-order valence-corrected chi connectivity index (χ2v) is 4.36. The molecule has 0 aliphatic heterocycles.